The Balaban J connectivity index is 1.75. The summed E-state index contributed by atoms with van der Waals surface area (Å²) in [5.41, 5.74) is 1.24. The van der Waals surface area contributed by atoms with Gasteiger partial charge in [-0.2, -0.15) is 0 Å². The Morgan fingerprint density at radius 2 is 2.15 bits per heavy atom. The topological polar surface area (TPSA) is 28.4 Å². The molecule has 0 saturated carbocycles. The van der Waals surface area contributed by atoms with Crippen LogP contribution in [0.4, 0.5) is 0 Å². The van der Waals surface area contributed by atoms with Crippen LogP contribution >= 0.6 is 11.6 Å². The minimum Gasteiger partial charge on any atom is -0.468 e. The molecule has 2 rings (SSSR count). The highest BCUT2D eigenvalue weighted by Crippen LogP contribution is 2.21. The van der Waals surface area contributed by atoms with Gasteiger partial charge in [-0.05, 0) is 43.8 Å². The molecule has 4 heteroatoms. The summed E-state index contributed by atoms with van der Waals surface area (Å²) in [6.07, 6.45) is 1.70. The van der Waals surface area contributed by atoms with E-state index in [0.29, 0.717) is 6.04 Å². The first-order chi connectivity index (χ1) is 9.66. The minimum absolute atomic E-state index is 0.346. The van der Waals surface area contributed by atoms with E-state index in [4.69, 9.17) is 16.0 Å². The van der Waals surface area contributed by atoms with Crippen molar-refractivity contribution in [2.24, 2.45) is 0 Å². The fourth-order valence-corrected chi connectivity index (χ4v) is 2.29. The van der Waals surface area contributed by atoms with Gasteiger partial charge < -0.3 is 9.73 Å². The Bertz CT molecular complexity index is 513. The molecule has 108 valence electrons. The maximum Gasteiger partial charge on any atom is 0.117 e. The van der Waals surface area contributed by atoms with E-state index in [-0.39, 0.29) is 0 Å². The van der Waals surface area contributed by atoms with E-state index < -0.39 is 0 Å². The molecule has 1 N–H and O–H groups in total. The number of nitrogens with one attached hydrogen (secondary N) is 1. The maximum absolute atomic E-state index is 6.04. The van der Waals surface area contributed by atoms with Gasteiger partial charge in [0.2, 0.25) is 0 Å². The summed E-state index contributed by atoms with van der Waals surface area (Å²) in [6.45, 7) is 4.85. The van der Waals surface area contributed by atoms with Crippen molar-refractivity contribution in [3.05, 3.63) is 59.0 Å². The SMILES string of the molecule is CC(c1cccc(Cl)c1)N(C)CCNCc1ccco1. The average molecular weight is 293 g/mol. The molecule has 0 spiro atoms. The highest BCUT2D eigenvalue weighted by Gasteiger charge is 2.11. The lowest BCUT2D eigenvalue weighted by Gasteiger charge is -2.25. The lowest BCUT2D eigenvalue weighted by Crippen LogP contribution is -2.31. The number of benzene rings is 1. The number of rotatable bonds is 7. The summed E-state index contributed by atoms with van der Waals surface area (Å²) in [6, 6.07) is 12.3. The molecule has 0 amide bonds. The molecule has 1 unspecified atom stereocenters. The largest absolute Gasteiger partial charge is 0.468 e. The van der Waals surface area contributed by atoms with Gasteiger partial charge in [0.15, 0.2) is 0 Å². The van der Waals surface area contributed by atoms with Crippen molar-refractivity contribution in [1.29, 1.82) is 0 Å². The second kappa shape index (κ2) is 7.48. The molecule has 0 aliphatic carbocycles. The number of hydrogen-bond acceptors (Lipinski definition) is 3. The van der Waals surface area contributed by atoms with Crippen LogP contribution in [0.1, 0.15) is 24.3 Å². The summed E-state index contributed by atoms with van der Waals surface area (Å²) in [5.74, 6) is 0.968. The van der Waals surface area contributed by atoms with E-state index in [9.17, 15) is 0 Å². The van der Waals surface area contributed by atoms with Crippen LogP contribution in [-0.2, 0) is 6.54 Å². The van der Waals surface area contributed by atoms with Gasteiger partial charge in [0.05, 0.1) is 12.8 Å². The van der Waals surface area contributed by atoms with Crippen molar-refractivity contribution in [3.8, 4) is 0 Å². The summed E-state index contributed by atoms with van der Waals surface area (Å²) in [7, 11) is 2.13. The normalized spacial score (nSPS) is 12.8. The number of likely N-dealkylation sites (N-methyl/N-ethyl adjacent to an activating group) is 1. The molecule has 1 heterocycles. The van der Waals surface area contributed by atoms with E-state index in [1.165, 1.54) is 5.56 Å². The van der Waals surface area contributed by atoms with Crippen molar-refractivity contribution in [3.63, 3.8) is 0 Å². The fraction of sp³-hybridized carbons (Fsp3) is 0.375. The summed E-state index contributed by atoms with van der Waals surface area (Å²) in [4.78, 5) is 2.31. The molecule has 20 heavy (non-hydrogen) atoms. The number of furan rings is 1. The van der Waals surface area contributed by atoms with Crippen molar-refractivity contribution in [1.82, 2.24) is 10.2 Å². The van der Waals surface area contributed by atoms with Crippen molar-refractivity contribution >= 4 is 11.6 Å². The number of nitrogens with zero attached hydrogens (tertiary/aromatic N) is 1. The monoisotopic (exact) mass is 292 g/mol. The predicted octanol–water partition coefficient (Wildman–Crippen LogP) is 3.72. The van der Waals surface area contributed by atoms with Gasteiger partial charge in [-0.25, -0.2) is 0 Å². The molecule has 0 radical (unpaired) electrons. The van der Waals surface area contributed by atoms with Crippen LogP contribution < -0.4 is 5.32 Å². The van der Waals surface area contributed by atoms with Crippen molar-refractivity contribution in [2.45, 2.75) is 19.5 Å². The highest BCUT2D eigenvalue weighted by molar-refractivity contribution is 6.30. The van der Waals surface area contributed by atoms with E-state index in [2.05, 4.69) is 30.3 Å². The molecule has 3 nitrogen and oxygen atoms in total. The molecule has 0 fully saturated rings. The number of hydrogen-bond donors (Lipinski definition) is 1. The van der Waals surface area contributed by atoms with Crippen LogP contribution in [0.15, 0.2) is 47.1 Å². The van der Waals surface area contributed by atoms with E-state index >= 15 is 0 Å². The van der Waals surface area contributed by atoms with Gasteiger partial charge >= 0.3 is 0 Å². The minimum atomic E-state index is 0.346. The lowest BCUT2D eigenvalue weighted by atomic mass is 10.1. The summed E-state index contributed by atoms with van der Waals surface area (Å²) < 4.78 is 5.28. The van der Waals surface area contributed by atoms with E-state index in [1.54, 1.807) is 6.26 Å². The van der Waals surface area contributed by atoms with Gasteiger partial charge in [0, 0.05) is 24.2 Å². The third-order valence-corrected chi connectivity index (χ3v) is 3.75. The lowest BCUT2D eigenvalue weighted by molar-refractivity contribution is 0.260. The second-order valence-electron chi connectivity index (χ2n) is 4.97. The van der Waals surface area contributed by atoms with Crippen LogP contribution in [0.3, 0.4) is 0 Å². The van der Waals surface area contributed by atoms with Crippen LogP contribution in [0.25, 0.3) is 0 Å². The first-order valence-electron chi connectivity index (χ1n) is 6.85. The first kappa shape index (κ1) is 15.1. The molecule has 0 bridgehead atoms. The molecule has 1 atom stereocenters. The van der Waals surface area contributed by atoms with Gasteiger partial charge in [-0.15, -0.1) is 0 Å². The highest BCUT2D eigenvalue weighted by atomic mass is 35.5. The Morgan fingerprint density at radius 1 is 1.30 bits per heavy atom. The molecule has 0 aliphatic rings. The van der Waals surface area contributed by atoms with Gasteiger partial charge in [-0.3, -0.25) is 4.90 Å². The first-order valence-corrected chi connectivity index (χ1v) is 7.23. The molecular formula is C16H21ClN2O. The van der Waals surface area contributed by atoms with Crippen LogP contribution in [-0.4, -0.2) is 25.0 Å². The molecule has 2 aromatic rings. The Hall–Kier alpha value is -1.29. The second-order valence-corrected chi connectivity index (χ2v) is 5.40. The van der Waals surface area contributed by atoms with Gasteiger partial charge in [0.25, 0.3) is 0 Å². The average Bonchev–Trinajstić information content (AvgIpc) is 2.95. The van der Waals surface area contributed by atoms with Gasteiger partial charge in [0.1, 0.15) is 5.76 Å². The zero-order valence-corrected chi connectivity index (χ0v) is 12.7. The Labute approximate surface area is 125 Å². The van der Waals surface area contributed by atoms with E-state index in [1.807, 2.05) is 30.3 Å². The summed E-state index contributed by atoms with van der Waals surface area (Å²) >= 11 is 6.04. The Morgan fingerprint density at radius 3 is 2.85 bits per heavy atom. The van der Waals surface area contributed by atoms with E-state index in [0.717, 1.165) is 30.4 Å². The molecule has 0 saturated heterocycles. The van der Waals surface area contributed by atoms with Crippen LogP contribution in [0.5, 0.6) is 0 Å². The third-order valence-electron chi connectivity index (χ3n) is 3.51. The maximum atomic E-state index is 6.04. The van der Waals surface area contributed by atoms with Crippen molar-refractivity contribution in [2.75, 3.05) is 20.1 Å². The summed E-state index contributed by atoms with van der Waals surface area (Å²) in [5, 5.41) is 4.17. The predicted molar refractivity (Wildman–Crippen MR) is 82.9 cm³/mol. The molecule has 1 aromatic heterocycles. The van der Waals surface area contributed by atoms with Gasteiger partial charge in [-0.1, -0.05) is 23.7 Å². The molecular weight excluding hydrogens is 272 g/mol. The van der Waals surface area contributed by atoms with Crippen LogP contribution in [0, 0.1) is 0 Å². The Kier molecular flexibility index (Phi) is 5.65. The van der Waals surface area contributed by atoms with Crippen LogP contribution in [0.2, 0.25) is 5.02 Å². The fourth-order valence-electron chi connectivity index (χ4n) is 2.09. The van der Waals surface area contributed by atoms with Crippen molar-refractivity contribution < 1.29 is 4.42 Å². The zero-order chi connectivity index (χ0) is 14.4. The third kappa shape index (κ3) is 4.37. The quantitative estimate of drug-likeness (QED) is 0.789. The smallest absolute Gasteiger partial charge is 0.117 e. The standard InChI is InChI=1S/C16H21ClN2O/c1-13(14-5-3-6-15(17)11-14)19(2)9-8-18-12-16-7-4-10-20-16/h3-7,10-11,13,18H,8-9,12H2,1-2H3. The zero-order valence-electron chi connectivity index (χ0n) is 12.0. The number of halogens is 1. The molecule has 1 aromatic carbocycles. The molecule has 0 aliphatic heterocycles.